The van der Waals surface area contributed by atoms with Gasteiger partial charge < -0.3 is 10.2 Å². The summed E-state index contributed by atoms with van der Waals surface area (Å²) in [7, 11) is 0. The first-order chi connectivity index (χ1) is 5.33. The van der Waals surface area contributed by atoms with Crippen LogP contribution in [-0.2, 0) is 9.63 Å². The number of nitrogens with zero attached hydrogens (tertiary/aromatic N) is 1. The lowest BCUT2D eigenvalue weighted by Gasteiger charge is -2.25. The second-order valence-corrected chi connectivity index (χ2v) is 2.50. The van der Waals surface area contributed by atoms with Gasteiger partial charge in [0, 0.05) is 32.6 Å². The second kappa shape index (κ2) is 4.31. The van der Waals surface area contributed by atoms with Crippen molar-refractivity contribution in [3.05, 3.63) is 0 Å². The normalized spacial score (nSPS) is 19.7. The Morgan fingerprint density at radius 2 is 2.18 bits per heavy atom. The molecule has 1 rings (SSSR count). The van der Waals surface area contributed by atoms with Crippen LogP contribution in [-0.4, -0.2) is 37.2 Å². The van der Waals surface area contributed by atoms with E-state index >= 15 is 0 Å². The van der Waals surface area contributed by atoms with E-state index in [1.807, 2.05) is 0 Å². The van der Waals surface area contributed by atoms with Gasteiger partial charge in [-0.05, 0) is 0 Å². The molecule has 1 fully saturated rings. The standard InChI is InChI=1S/C7H14N2O2/c1-2-7(10)11-9-5-3-8-4-6-9/h8H,2-6H2,1H3. The van der Waals surface area contributed by atoms with Gasteiger partial charge in [0.2, 0.25) is 0 Å². The third-order valence-corrected chi connectivity index (χ3v) is 1.60. The van der Waals surface area contributed by atoms with Crippen LogP contribution in [0.25, 0.3) is 0 Å². The molecule has 0 saturated carbocycles. The van der Waals surface area contributed by atoms with Gasteiger partial charge in [0.05, 0.1) is 0 Å². The Labute approximate surface area is 66.5 Å². The zero-order valence-corrected chi connectivity index (χ0v) is 6.80. The summed E-state index contributed by atoms with van der Waals surface area (Å²) in [5, 5.41) is 4.88. The Hall–Kier alpha value is -0.610. The second-order valence-electron chi connectivity index (χ2n) is 2.50. The predicted octanol–water partition coefficient (Wildman–Crippen LogP) is -0.240. The highest BCUT2D eigenvalue weighted by Gasteiger charge is 2.12. The Bertz CT molecular complexity index is 132. The Morgan fingerprint density at radius 1 is 1.55 bits per heavy atom. The molecule has 4 heteroatoms. The summed E-state index contributed by atoms with van der Waals surface area (Å²) >= 11 is 0. The van der Waals surface area contributed by atoms with E-state index in [1.54, 1.807) is 12.0 Å². The summed E-state index contributed by atoms with van der Waals surface area (Å²) in [5.41, 5.74) is 0. The number of rotatable bonds is 2. The zero-order valence-electron chi connectivity index (χ0n) is 6.80. The van der Waals surface area contributed by atoms with Crippen molar-refractivity contribution in [3.8, 4) is 0 Å². The molecule has 11 heavy (non-hydrogen) atoms. The number of hydroxylamine groups is 2. The molecule has 0 radical (unpaired) electrons. The highest BCUT2D eigenvalue weighted by molar-refractivity contribution is 5.68. The number of carbonyl (C=O) groups is 1. The number of carbonyl (C=O) groups excluding carboxylic acids is 1. The summed E-state index contributed by atoms with van der Waals surface area (Å²) < 4.78 is 0. The summed E-state index contributed by atoms with van der Waals surface area (Å²) in [6, 6.07) is 0. The van der Waals surface area contributed by atoms with Crippen LogP contribution in [0.1, 0.15) is 13.3 Å². The van der Waals surface area contributed by atoms with Gasteiger partial charge in [0.1, 0.15) is 0 Å². The Balaban J connectivity index is 2.19. The van der Waals surface area contributed by atoms with E-state index in [0.717, 1.165) is 26.2 Å². The van der Waals surface area contributed by atoms with Crippen molar-refractivity contribution in [3.63, 3.8) is 0 Å². The molecule has 4 nitrogen and oxygen atoms in total. The lowest BCUT2D eigenvalue weighted by Crippen LogP contribution is -2.44. The summed E-state index contributed by atoms with van der Waals surface area (Å²) in [4.78, 5) is 15.8. The van der Waals surface area contributed by atoms with Crippen molar-refractivity contribution in [2.45, 2.75) is 13.3 Å². The lowest BCUT2D eigenvalue weighted by molar-refractivity contribution is -0.192. The molecule has 0 bridgehead atoms. The van der Waals surface area contributed by atoms with Crippen LogP contribution in [0.5, 0.6) is 0 Å². The van der Waals surface area contributed by atoms with Crippen molar-refractivity contribution in [2.24, 2.45) is 0 Å². The molecule has 0 spiro atoms. The fraction of sp³-hybridized carbons (Fsp3) is 0.857. The Kier molecular flexibility index (Phi) is 3.32. The highest BCUT2D eigenvalue weighted by atomic mass is 16.7. The van der Waals surface area contributed by atoms with E-state index in [1.165, 1.54) is 0 Å². The van der Waals surface area contributed by atoms with Gasteiger partial charge in [-0.1, -0.05) is 6.92 Å². The van der Waals surface area contributed by atoms with Crippen LogP contribution in [0.4, 0.5) is 0 Å². The molecule has 0 aromatic rings. The predicted molar refractivity (Wildman–Crippen MR) is 40.8 cm³/mol. The fourth-order valence-electron chi connectivity index (χ4n) is 0.944. The van der Waals surface area contributed by atoms with E-state index in [0.29, 0.717) is 6.42 Å². The van der Waals surface area contributed by atoms with E-state index in [4.69, 9.17) is 4.84 Å². The van der Waals surface area contributed by atoms with E-state index in [-0.39, 0.29) is 5.97 Å². The van der Waals surface area contributed by atoms with E-state index < -0.39 is 0 Å². The molecule has 1 aliphatic rings. The maximum atomic E-state index is 10.8. The summed E-state index contributed by atoms with van der Waals surface area (Å²) in [6.07, 6.45) is 0.448. The third kappa shape index (κ3) is 2.86. The molecule has 64 valence electrons. The van der Waals surface area contributed by atoms with E-state index in [9.17, 15) is 4.79 Å². The first-order valence-electron chi connectivity index (χ1n) is 3.99. The smallest absolute Gasteiger partial charge is 0.324 e. The van der Waals surface area contributed by atoms with Crippen molar-refractivity contribution < 1.29 is 9.63 Å². The van der Waals surface area contributed by atoms with Crippen LogP contribution in [0.15, 0.2) is 0 Å². The van der Waals surface area contributed by atoms with Gasteiger partial charge in [-0.15, -0.1) is 5.06 Å². The zero-order chi connectivity index (χ0) is 8.10. The average molecular weight is 158 g/mol. The number of hydrogen-bond donors (Lipinski definition) is 1. The maximum Gasteiger partial charge on any atom is 0.324 e. The van der Waals surface area contributed by atoms with Crippen LogP contribution >= 0.6 is 0 Å². The molecule has 1 heterocycles. The van der Waals surface area contributed by atoms with Gasteiger partial charge >= 0.3 is 5.97 Å². The van der Waals surface area contributed by atoms with Crippen LogP contribution in [0.3, 0.4) is 0 Å². The molecule has 1 aliphatic heterocycles. The van der Waals surface area contributed by atoms with Gasteiger partial charge in [0.15, 0.2) is 0 Å². The monoisotopic (exact) mass is 158 g/mol. The summed E-state index contributed by atoms with van der Waals surface area (Å²) in [6.45, 7) is 5.19. The maximum absolute atomic E-state index is 10.8. The Morgan fingerprint density at radius 3 is 2.73 bits per heavy atom. The average Bonchev–Trinajstić information content (AvgIpc) is 2.06. The van der Waals surface area contributed by atoms with Gasteiger partial charge in [-0.3, -0.25) is 4.79 Å². The van der Waals surface area contributed by atoms with Crippen molar-refractivity contribution in [2.75, 3.05) is 26.2 Å². The van der Waals surface area contributed by atoms with Gasteiger partial charge in [-0.2, -0.15) is 0 Å². The van der Waals surface area contributed by atoms with Gasteiger partial charge in [0.25, 0.3) is 0 Å². The largest absolute Gasteiger partial charge is 0.368 e. The quantitative estimate of drug-likeness (QED) is 0.602. The topological polar surface area (TPSA) is 41.6 Å². The summed E-state index contributed by atoms with van der Waals surface area (Å²) in [5.74, 6) is -0.146. The fourth-order valence-corrected chi connectivity index (χ4v) is 0.944. The van der Waals surface area contributed by atoms with Crippen LogP contribution < -0.4 is 5.32 Å². The van der Waals surface area contributed by atoms with Crippen molar-refractivity contribution in [1.82, 2.24) is 10.4 Å². The molecule has 0 aliphatic carbocycles. The molecule has 0 unspecified atom stereocenters. The molecule has 0 amide bonds. The first kappa shape index (κ1) is 8.49. The highest BCUT2D eigenvalue weighted by Crippen LogP contribution is 1.95. The third-order valence-electron chi connectivity index (χ3n) is 1.60. The molecular formula is C7H14N2O2. The molecule has 0 atom stereocenters. The first-order valence-corrected chi connectivity index (χ1v) is 3.99. The lowest BCUT2D eigenvalue weighted by atomic mass is 10.4. The number of nitrogens with one attached hydrogen (secondary N) is 1. The molecule has 0 aromatic heterocycles. The molecule has 0 aromatic carbocycles. The molecule has 1 saturated heterocycles. The van der Waals surface area contributed by atoms with Gasteiger partial charge in [-0.25, -0.2) is 0 Å². The van der Waals surface area contributed by atoms with Crippen molar-refractivity contribution >= 4 is 5.97 Å². The SMILES string of the molecule is CCC(=O)ON1CCNCC1. The molecular weight excluding hydrogens is 144 g/mol. The van der Waals surface area contributed by atoms with Crippen LogP contribution in [0, 0.1) is 0 Å². The number of hydrogen-bond acceptors (Lipinski definition) is 4. The minimum atomic E-state index is -0.146. The van der Waals surface area contributed by atoms with E-state index in [2.05, 4.69) is 5.32 Å². The van der Waals surface area contributed by atoms with Crippen molar-refractivity contribution in [1.29, 1.82) is 0 Å². The molecule has 1 N–H and O–H groups in total. The van der Waals surface area contributed by atoms with Crippen LogP contribution in [0.2, 0.25) is 0 Å². The minimum absolute atomic E-state index is 0.146. The number of piperazine rings is 1. The minimum Gasteiger partial charge on any atom is -0.368 e.